The van der Waals surface area contributed by atoms with E-state index in [-0.39, 0.29) is 8.57 Å². The Hall–Kier alpha value is 1.61. The molecule has 0 fully saturated rings. The first-order valence-electron chi connectivity index (χ1n) is 32.9. The van der Waals surface area contributed by atoms with E-state index < -0.39 is 127 Å². The van der Waals surface area contributed by atoms with Crippen LogP contribution in [0.25, 0.3) is 0 Å². The summed E-state index contributed by atoms with van der Waals surface area (Å²) >= 11 is 5.45. The summed E-state index contributed by atoms with van der Waals surface area (Å²) in [5.74, 6) is 0. The monoisotopic (exact) mass is 1460 g/mol. The third kappa shape index (κ3) is 15.8. The molecule has 0 bridgehead atoms. The molecule has 3 aromatic rings. The minimum atomic E-state index is -1.91. The van der Waals surface area contributed by atoms with Gasteiger partial charge in [-0.25, -0.2) is 0 Å². The van der Waals surface area contributed by atoms with Gasteiger partial charge in [-0.3, -0.25) is 0 Å². The van der Waals surface area contributed by atoms with Gasteiger partial charge >= 0.3 is 0 Å². The van der Waals surface area contributed by atoms with Crippen molar-refractivity contribution in [3.8, 4) is 0 Å². The largest absolute Gasteiger partial charge is 0.115 e. The third-order valence-electron chi connectivity index (χ3n) is 19.9. The van der Waals surface area contributed by atoms with E-state index in [4.69, 9.17) is 15.3 Å². The van der Waals surface area contributed by atoms with Crippen LogP contribution in [0.5, 0.6) is 0 Å². The van der Waals surface area contributed by atoms with E-state index in [1.807, 2.05) is 43.8 Å². The highest BCUT2D eigenvalue weighted by Gasteiger charge is 2.63. The number of hydrogen-bond donors (Lipinski definition) is 0. The van der Waals surface area contributed by atoms with Crippen molar-refractivity contribution >= 4 is 158 Å². The van der Waals surface area contributed by atoms with Gasteiger partial charge in [-0.05, 0) is 78.2 Å². The first-order chi connectivity index (χ1) is 36.0. The van der Waals surface area contributed by atoms with Crippen molar-refractivity contribution in [1.29, 1.82) is 0 Å². The van der Waals surface area contributed by atoms with Crippen LogP contribution in [-0.2, 0) is 8.57 Å². The van der Waals surface area contributed by atoms with Crippen LogP contribution >= 0.6 is 15.3 Å². The highest BCUT2D eigenvalue weighted by atomic mass is 79.9. The van der Waals surface area contributed by atoms with Crippen LogP contribution in [0.4, 0.5) is 0 Å². The van der Waals surface area contributed by atoms with Crippen molar-refractivity contribution in [2.75, 3.05) is 0 Å². The Morgan fingerprint density at radius 1 is 0.277 bits per heavy atom. The summed E-state index contributed by atoms with van der Waals surface area (Å²) in [6.45, 7) is 117. The quantitative estimate of drug-likeness (QED) is 0.0656. The third-order valence-corrected chi connectivity index (χ3v) is 111. The molecule has 0 radical (unpaired) electrons. The maximum atomic E-state index is 5.45. The van der Waals surface area contributed by atoms with Crippen LogP contribution in [0.1, 0.15) is 54.0 Å². The molecule has 3 rings (SSSR count). The molecule has 0 spiro atoms. The number of rotatable bonds is 23. The Morgan fingerprint density at radius 3 is 0.627 bits per heavy atom. The van der Waals surface area contributed by atoms with Gasteiger partial charge in [-0.2, -0.15) is 0 Å². The summed E-state index contributed by atoms with van der Waals surface area (Å²) in [4.78, 5) is 0. The molecule has 0 nitrogen and oxygen atoms in total. The summed E-state index contributed by atoms with van der Waals surface area (Å²) < 4.78 is 0.559. The number of halogens is 1. The SMILES string of the molecule is C[Si](C)(C)C(c1cc(C([Si](C)(C)C)([Si](C)(C)C)[Si](C)(C)C)cc(C([Si](C)(C)C)[Si](C)(C)C)c1/[Si](Br)=[Si](\c1ccccc1)c1c(C([Si](C)(C)C)[Si](C)(C)C)cc(C([Si](C)(C)C)([Si](C)(C)C)[Si](C)(C)C)cc1C([Si](C)(C)C)[Si](C)(C)C)[Si](C)(C)C. The van der Waals surface area contributed by atoms with Gasteiger partial charge in [-0.15, -0.1) is 0 Å². The lowest BCUT2D eigenvalue weighted by atomic mass is 10.1. The van der Waals surface area contributed by atoms with E-state index in [2.05, 4.69) is 330 Å². The molecule has 0 atom stereocenters. The molecule has 3 aromatic carbocycles. The van der Waals surface area contributed by atoms with Gasteiger partial charge in [0.2, 0.25) is 0 Å². The van der Waals surface area contributed by atoms with Crippen LogP contribution < -0.4 is 15.6 Å². The van der Waals surface area contributed by atoms with E-state index >= 15 is 0 Å². The standard InChI is InChI=1S/C66H139BrSi16/c1-70(2,3)61(71(4,5)6)55-48-52(65(78(25,26)27,79(28,29)30)80(31,32)33)49-56(62(72(7,8)9)73(10,11)12)59(55)68(54-46-44-43-45-47-54)69(67)60-57(63(74(13,14)15)75(16,17)18)50-53(51-58(60)64(76(19,20)21)77(22,23)24)66(81(34,35)36,82(37,38)39)83(40,41)42/h43-51,61-64H,1-42H3/b69-68-. The van der Waals surface area contributed by atoms with E-state index in [9.17, 15) is 0 Å². The Bertz CT molecular complexity index is 2550. The smallest absolute Gasteiger partial charge is 0.0975 e. The summed E-state index contributed by atoms with van der Waals surface area (Å²) in [7, 11) is -28.1. The average molecular weight is 1460 g/mol. The van der Waals surface area contributed by atoms with E-state index in [0.717, 1.165) is 0 Å². The molecule has 0 aliphatic rings. The molecule has 474 valence electrons. The van der Waals surface area contributed by atoms with Gasteiger partial charge in [0.05, 0.1) is 7.89 Å². The average Bonchev–Trinajstić information content (AvgIpc) is 3.11. The fraction of sp³-hybridized carbons (Fsp3) is 0.727. The summed E-state index contributed by atoms with van der Waals surface area (Å²) in [5.41, 5.74) is 11.2. The highest BCUT2D eigenvalue weighted by molar-refractivity contribution is 9.25. The zero-order chi connectivity index (χ0) is 66.0. The van der Waals surface area contributed by atoms with Crippen molar-refractivity contribution in [1.82, 2.24) is 0 Å². The molecule has 0 aliphatic carbocycles. The molecule has 0 saturated heterocycles. The molecule has 0 aromatic heterocycles. The lowest BCUT2D eigenvalue weighted by molar-refractivity contribution is 0.993. The second kappa shape index (κ2) is 24.8. The van der Waals surface area contributed by atoms with Crippen LogP contribution in [-0.4, -0.2) is 127 Å². The zero-order valence-electron chi connectivity index (χ0n) is 63.4. The Morgan fingerprint density at radius 2 is 0.458 bits per heavy atom. The second-order valence-electron chi connectivity index (χ2n) is 41.8. The molecular formula is C66H139BrSi16. The van der Waals surface area contributed by atoms with E-state index in [1.54, 1.807) is 5.19 Å². The fourth-order valence-corrected chi connectivity index (χ4v) is 148. The lowest BCUT2D eigenvalue weighted by Crippen LogP contribution is -2.74. The van der Waals surface area contributed by atoms with Crippen LogP contribution in [0, 0.1) is 0 Å². The predicted molar refractivity (Wildman–Crippen MR) is 440 cm³/mol. The molecule has 0 heterocycles. The first kappa shape index (κ1) is 78.9. The van der Waals surface area contributed by atoms with Gasteiger partial charge in [0.1, 0.15) is 6.51 Å². The molecule has 17 heteroatoms. The van der Waals surface area contributed by atoms with Crippen molar-refractivity contribution in [2.45, 2.75) is 304 Å². The van der Waals surface area contributed by atoms with E-state index in [0.29, 0.717) is 20.7 Å². The fourth-order valence-electron chi connectivity index (χ4n) is 22.6. The Balaban J connectivity index is 3.58. The molecule has 0 N–H and O–H groups in total. The van der Waals surface area contributed by atoms with Crippen molar-refractivity contribution < 1.29 is 0 Å². The molecule has 0 saturated carbocycles. The minimum Gasteiger partial charge on any atom is -0.0975 e. The van der Waals surface area contributed by atoms with Crippen molar-refractivity contribution in [3.63, 3.8) is 0 Å². The summed E-state index contributed by atoms with van der Waals surface area (Å²) in [6, 6.07) is 25.2. The van der Waals surface area contributed by atoms with Gasteiger partial charge in [0, 0.05) is 113 Å². The number of hydrogen-bond acceptors (Lipinski definition) is 0. The maximum Gasteiger partial charge on any atom is 0.115 e. The maximum absolute atomic E-state index is 5.45. The molecular weight excluding hydrogens is 1320 g/mol. The van der Waals surface area contributed by atoms with Crippen molar-refractivity contribution in [3.05, 3.63) is 88.0 Å². The normalized spacial score (nSPS) is 15.8. The zero-order valence-corrected chi connectivity index (χ0v) is 81.0. The minimum absolute atomic E-state index is 0.277. The predicted octanol–water partition coefficient (Wildman–Crippen LogP) is 21.8. The topological polar surface area (TPSA) is 0 Å². The van der Waals surface area contributed by atoms with Crippen LogP contribution in [0.2, 0.25) is 275 Å². The van der Waals surface area contributed by atoms with Gasteiger partial charge in [0.15, 0.2) is 0 Å². The molecule has 0 aliphatic heterocycles. The van der Waals surface area contributed by atoms with Crippen LogP contribution in [0.15, 0.2) is 54.6 Å². The summed E-state index contributed by atoms with van der Waals surface area (Å²) in [6.07, 6.45) is 0. The Labute approximate surface area is 545 Å². The number of benzene rings is 3. The Kier molecular flexibility index (Phi) is 23.6. The van der Waals surface area contributed by atoms with Gasteiger partial charge < -0.3 is 0 Å². The van der Waals surface area contributed by atoms with E-state index in [1.165, 1.54) is 0 Å². The van der Waals surface area contributed by atoms with Crippen molar-refractivity contribution in [2.24, 2.45) is 0 Å². The summed E-state index contributed by atoms with van der Waals surface area (Å²) in [5, 5.41) is 8.04. The first-order valence-corrected chi connectivity index (χ1v) is 88.7. The van der Waals surface area contributed by atoms with Gasteiger partial charge in [-0.1, -0.05) is 345 Å². The molecule has 0 amide bonds. The molecule has 0 unspecified atom stereocenters. The lowest BCUT2D eigenvalue weighted by Gasteiger charge is -2.60. The van der Waals surface area contributed by atoms with Crippen LogP contribution in [0.3, 0.4) is 0 Å². The molecule has 83 heavy (non-hydrogen) atoms. The highest BCUT2D eigenvalue weighted by Crippen LogP contribution is 2.54. The second-order valence-corrected chi connectivity index (χ2v) is 132. The van der Waals surface area contributed by atoms with Gasteiger partial charge in [0.25, 0.3) is 0 Å².